The molecule has 186 valence electrons. The maximum absolute atomic E-state index is 14.1. The van der Waals surface area contributed by atoms with Crippen molar-refractivity contribution in [1.82, 2.24) is 5.32 Å². The average molecular weight is 483 g/mol. The van der Waals surface area contributed by atoms with Gasteiger partial charge in [-0.05, 0) is 18.2 Å². The molecule has 34 heavy (non-hydrogen) atoms. The molecule has 1 saturated carbocycles. The number of hydrogen-bond donors (Lipinski definition) is 3. The zero-order valence-electron chi connectivity index (χ0n) is 18.7. The first-order valence-corrected chi connectivity index (χ1v) is 10.8. The quantitative estimate of drug-likeness (QED) is 0.449. The standard InChI is InChI=1S/C24H28F3NO6/c1-32-10-9-28-23(31)24(34-13-15-5-2-3-6-17(15)25)11-20(29)22(30)21(12-24)33-14-16-18(26)7-4-8-19(16)27/h2-8,20-22,29-30H,9-14H2,1H3,(H,28,31)/t20-,21?,22-,24+/m1/s1. The first-order valence-electron chi connectivity index (χ1n) is 10.8. The van der Waals surface area contributed by atoms with Gasteiger partial charge in [-0.1, -0.05) is 24.3 Å². The van der Waals surface area contributed by atoms with Crippen molar-refractivity contribution in [2.45, 2.75) is 50.0 Å². The number of aliphatic hydroxyl groups is 2. The molecule has 1 amide bonds. The Labute approximate surface area is 195 Å². The lowest BCUT2D eigenvalue weighted by Gasteiger charge is -2.43. The third-order valence-electron chi connectivity index (χ3n) is 5.82. The highest BCUT2D eigenvalue weighted by Gasteiger charge is 2.51. The predicted molar refractivity (Wildman–Crippen MR) is 115 cm³/mol. The van der Waals surface area contributed by atoms with Crippen molar-refractivity contribution in [3.63, 3.8) is 0 Å². The molecule has 3 N–H and O–H groups in total. The highest BCUT2D eigenvalue weighted by molar-refractivity contribution is 5.85. The molecule has 1 aliphatic carbocycles. The second-order valence-electron chi connectivity index (χ2n) is 8.14. The Morgan fingerprint density at radius 3 is 2.38 bits per heavy atom. The van der Waals surface area contributed by atoms with Gasteiger partial charge in [-0.3, -0.25) is 4.79 Å². The van der Waals surface area contributed by atoms with E-state index in [-0.39, 0.29) is 43.7 Å². The molecule has 4 atom stereocenters. The van der Waals surface area contributed by atoms with Crippen LogP contribution in [-0.4, -0.2) is 60.3 Å². The van der Waals surface area contributed by atoms with Crippen LogP contribution >= 0.6 is 0 Å². The molecule has 10 heteroatoms. The number of methoxy groups -OCH3 is 1. The number of nitrogens with one attached hydrogen (secondary N) is 1. The van der Waals surface area contributed by atoms with Gasteiger partial charge in [0.25, 0.3) is 5.91 Å². The molecule has 2 aromatic carbocycles. The fraction of sp³-hybridized carbons (Fsp3) is 0.458. The minimum Gasteiger partial charge on any atom is -0.390 e. The molecule has 0 aromatic heterocycles. The minimum atomic E-state index is -1.70. The van der Waals surface area contributed by atoms with E-state index in [9.17, 15) is 28.2 Å². The Morgan fingerprint density at radius 1 is 1.03 bits per heavy atom. The normalized spacial score (nSPS) is 24.7. The number of aliphatic hydroxyl groups excluding tert-OH is 2. The van der Waals surface area contributed by atoms with E-state index in [1.807, 2.05) is 0 Å². The van der Waals surface area contributed by atoms with Crippen molar-refractivity contribution >= 4 is 5.91 Å². The molecule has 0 aliphatic heterocycles. The van der Waals surface area contributed by atoms with Crippen molar-refractivity contribution in [3.05, 3.63) is 71.0 Å². The monoisotopic (exact) mass is 483 g/mol. The molecule has 3 rings (SSSR count). The van der Waals surface area contributed by atoms with Crippen molar-refractivity contribution in [2.75, 3.05) is 20.3 Å². The average Bonchev–Trinajstić information content (AvgIpc) is 2.81. The number of carbonyl (C=O) groups excluding carboxylic acids is 1. The van der Waals surface area contributed by atoms with Gasteiger partial charge in [-0.15, -0.1) is 0 Å². The Bertz CT molecular complexity index is 957. The van der Waals surface area contributed by atoms with E-state index >= 15 is 0 Å². The van der Waals surface area contributed by atoms with Crippen molar-refractivity contribution in [1.29, 1.82) is 0 Å². The highest BCUT2D eigenvalue weighted by atomic mass is 19.1. The summed E-state index contributed by atoms with van der Waals surface area (Å²) in [5, 5.41) is 23.6. The van der Waals surface area contributed by atoms with Crippen molar-refractivity contribution < 1.29 is 42.4 Å². The van der Waals surface area contributed by atoms with Crippen LogP contribution in [0.5, 0.6) is 0 Å². The zero-order valence-corrected chi connectivity index (χ0v) is 18.7. The molecule has 2 aromatic rings. The summed E-state index contributed by atoms with van der Waals surface area (Å²) >= 11 is 0. The summed E-state index contributed by atoms with van der Waals surface area (Å²) in [6.45, 7) is -0.471. The minimum absolute atomic E-state index is 0.144. The molecule has 1 unspecified atom stereocenters. The number of benzene rings is 2. The van der Waals surface area contributed by atoms with E-state index in [0.29, 0.717) is 0 Å². The third kappa shape index (κ3) is 6.13. The number of halogens is 3. The van der Waals surface area contributed by atoms with Crippen LogP contribution in [0.3, 0.4) is 0 Å². The van der Waals surface area contributed by atoms with Gasteiger partial charge in [-0.25, -0.2) is 13.2 Å². The highest BCUT2D eigenvalue weighted by Crippen LogP contribution is 2.36. The molecule has 0 bridgehead atoms. The summed E-state index contributed by atoms with van der Waals surface area (Å²) < 4.78 is 58.5. The Morgan fingerprint density at radius 2 is 1.71 bits per heavy atom. The number of hydrogen-bond acceptors (Lipinski definition) is 6. The summed E-state index contributed by atoms with van der Waals surface area (Å²) in [6.07, 6.45) is -4.62. The molecule has 7 nitrogen and oxygen atoms in total. The SMILES string of the molecule is COCCNC(=O)[C@@]1(OCc2ccccc2F)CC(OCc2c(F)cccc2F)[C@H](O)[C@H](O)C1. The molecular weight excluding hydrogens is 455 g/mol. The Hall–Kier alpha value is -2.50. The molecular formula is C24H28F3NO6. The van der Waals surface area contributed by atoms with E-state index in [1.54, 1.807) is 6.07 Å². The summed E-state index contributed by atoms with van der Waals surface area (Å²) in [4.78, 5) is 13.1. The van der Waals surface area contributed by atoms with E-state index in [2.05, 4.69) is 5.32 Å². The van der Waals surface area contributed by atoms with Gasteiger partial charge < -0.3 is 29.7 Å². The summed E-state index contributed by atoms with van der Waals surface area (Å²) in [6, 6.07) is 9.21. The number of carbonyl (C=O) groups is 1. The van der Waals surface area contributed by atoms with Crippen molar-refractivity contribution in [3.8, 4) is 0 Å². The summed E-state index contributed by atoms with van der Waals surface area (Å²) in [5.41, 5.74) is -1.86. The Balaban J connectivity index is 1.82. The second-order valence-corrected chi connectivity index (χ2v) is 8.14. The lowest BCUT2D eigenvalue weighted by molar-refractivity contribution is -0.200. The summed E-state index contributed by atoms with van der Waals surface area (Å²) in [5.74, 6) is -2.80. The Kier molecular flexibility index (Phi) is 9.03. The van der Waals surface area contributed by atoms with Gasteiger partial charge in [0.05, 0.1) is 32.0 Å². The lowest BCUT2D eigenvalue weighted by atomic mass is 9.78. The van der Waals surface area contributed by atoms with Crippen LogP contribution in [0.4, 0.5) is 13.2 Å². The molecule has 1 fully saturated rings. The zero-order chi connectivity index (χ0) is 24.7. The van der Waals surface area contributed by atoms with E-state index in [1.165, 1.54) is 31.4 Å². The van der Waals surface area contributed by atoms with Gasteiger partial charge >= 0.3 is 0 Å². The van der Waals surface area contributed by atoms with Gasteiger partial charge in [0, 0.05) is 37.6 Å². The number of amides is 1. The first kappa shape index (κ1) is 26.1. The maximum atomic E-state index is 14.1. The van der Waals surface area contributed by atoms with Gasteiger partial charge in [0.2, 0.25) is 0 Å². The predicted octanol–water partition coefficient (Wildman–Crippen LogP) is 2.22. The van der Waals surface area contributed by atoms with Gasteiger partial charge in [0.15, 0.2) is 5.60 Å². The first-order chi connectivity index (χ1) is 16.3. The van der Waals surface area contributed by atoms with Crippen LogP contribution in [0.25, 0.3) is 0 Å². The molecule has 0 spiro atoms. The van der Waals surface area contributed by atoms with Crippen LogP contribution < -0.4 is 5.32 Å². The molecule has 1 aliphatic rings. The third-order valence-corrected chi connectivity index (χ3v) is 5.82. The lowest BCUT2D eigenvalue weighted by Crippen LogP contribution is -2.60. The van der Waals surface area contributed by atoms with Crippen LogP contribution in [0, 0.1) is 17.5 Å². The largest absolute Gasteiger partial charge is 0.390 e. The van der Waals surface area contributed by atoms with E-state index < -0.39 is 53.9 Å². The van der Waals surface area contributed by atoms with E-state index in [4.69, 9.17) is 14.2 Å². The number of ether oxygens (including phenoxy) is 3. The number of rotatable bonds is 10. The van der Waals surface area contributed by atoms with Crippen LogP contribution in [0.2, 0.25) is 0 Å². The van der Waals surface area contributed by atoms with Gasteiger partial charge in [-0.2, -0.15) is 0 Å². The second kappa shape index (κ2) is 11.8. The van der Waals surface area contributed by atoms with Crippen LogP contribution in [0.1, 0.15) is 24.0 Å². The molecule has 0 heterocycles. The van der Waals surface area contributed by atoms with Gasteiger partial charge in [0.1, 0.15) is 23.6 Å². The fourth-order valence-corrected chi connectivity index (χ4v) is 3.88. The molecule has 0 saturated heterocycles. The topological polar surface area (TPSA) is 97.3 Å². The van der Waals surface area contributed by atoms with Crippen LogP contribution in [-0.2, 0) is 32.2 Å². The maximum Gasteiger partial charge on any atom is 0.252 e. The van der Waals surface area contributed by atoms with Crippen molar-refractivity contribution in [2.24, 2.45) is 0 Å². The molecule has 0 radical (unpaired) electrons. The van der Waals surface area contributed by atoms with E-state index in [0.717, 1.165) is 12.1 Å². The smallest absolute Gasteiger partial charge is 0.252 e. The summed E-state index contributed by atoms with van der Waals surface area (Å²) in [7, 11) is 1.46. The van der Waals surface area contributed by atoms with Crippen LogP contribution in [0.15, 0.2) is 42.5 Å². The fourth-order valence-electron chi connectivity index (χ4n) is 3.88.